The molecule has 1 aromatic carbocycles. The largest absolute Gasteiger partial charge is 0.505 e. The third kappa shape index (κ3) is 1.76. The fourth-order valence-corrected chi connectivity index (χ4v) is 1.03. The van der Waals surface area contributed by atoms with E-state index in [1.165, 1.54) is 6.07 Å². The third-order valence-corrected chi connectivity index (χ3v) is 1.71. The van der Waals surface area contributed by atoms with Crippen molar-refractivity contribution in [1.29, 1.82) is 5.26 Å². The maximum absolute atomic E-state index is 12.9. The zero-order valence-corrected chi connectivity index (χ0v) is 7.08. The van der Waals surface area contributed by atoms with Crippen LogP contribution in [0.5, 0.6) is 5.75 Å². The number of nitriles is 1. The van der Waals surface area contributed by atoms with Gasteiger partial charge in [0.05, 0.1) is 11.6 Å². The Balaban J connectivity index is 3.35. The van der Waals surface area contributed by atoms with Crippen LogP contribution in [-0.4, -0.2) is 5.11 Å². The number of rotatable bonds is 1. The van der Waals surface area contributed by atoms with Crippen molar-refractivity contribution in [2.45, 2.75) is 13.0 Å². The maximum atomic E-state index is 12.9. The first-order chi connectivity index (χ1) is 6.06. The number of phenolic OH excluding ortho intramolecular Hbond substituents is 1. The molecule has 0 bridgehead atoms. The van der Waals surface area contributed by atoms with Crippen molar-refractivity contribution in [3.63, 3.8) is 0 Å². The lowest BCUT2D eigenvalue weighted by Crippen LogP contribution is -2.06. The highest BCUT2D eigenvalue weighted by molar-refractivity contribution is 5.43. The number of nitrogens with zero attached hydrogens (tertiary/aromatic N) is 1. The molecule has 0 unspecified atom stereocenters. The van der Waals surface area contributed by atoms with Gasteiger partial charge in [-0.1, -0.05) is 0 Å². The molecule has 0 spiro atoms. The molecular formula is C9H9FN2O. The van der Waals surface area contributed by atoms with E-state index in [4.69, 9.17) is 11.0 Å². The molecule has 68 valence electrons. The number of halogens is 1. The second-order valence-electron chi connectivity index (χ2n) is 2.80. The van der Waals surface area contributed by atoms with Gasteiger partial charge in [-0.15, -0.1) is 0 Å². The molecule has 3 nitrogen and oxygen atoms in total. The molecule has 4 heteroatoms. The van der Waals surface area contributed by atoms with Gasteiger partial charge in [0.1, 0.15) is 0 Å². The van der Waals surface area contributed by atoms with Crippen molar-refractivity contribution in [2.24, 2.45) is 5.73 Å². The van der Waals surface area contributed by atoms with E-state index in [1.54, 1.807) is 13.0 Å². The summed E-state index contributed by atoms with van der Waals surface area (Å²) in [5.41, 5.74) is 5.87. The zero-order chi connectivity index (χ0) is 10.0. The quantitative estimate of drug-likeness (QED) is 0.686. The minimum atomic E-state index is -0.814. The van der Waals surface area contributed by atoms with E-state index < -0.39 is 17.6 Å². The summed E-state index contributed by atoms with van der Waals surface area (Å²) in [6.07, 6.45) is 0. The topological polar surface area (TPSA) is 70.0 Å². The van der Waals surface area contributed by atoms with Gasteiger partial charge in [-0.3, -0.25) is 0 Å². The molecule has 13 heavy (non-hydrogen) atoms. The van der Waals surface area contributed by atoms with Crippen molar-refractivity contribution in [1.82, 2.24) is 0 Å². The lowest BCUT2D eigenvalue weighted by atomic mass is 10.0. The predicted octanol–water partition coefficient (Wildman–Crippen LogP) is 1.42. The molecule has 1 aromatic rings. The van der Waals surface area contributed by atoms with Crippen LogP contribution in [0.1, 0.15) is 24.1 Å². The smallest absolute Gasteiger partial charge is 0.166 e. The zero-order valence-electron chi connectivity index (χ0n) is 7.08. The molecular weight excluding hydrogens is 171 g/mol. The third-order valence-electron chi connectivity index (χ3n) is 1.71. The average molecular weight is 180 g/mol. The summed E-state index contributed by atoms with van der Waals surface area (Å²) in [5.74, 6) is -1.29. The number of phenols is 1. The first-order valence-electron chi connectivity index (χ1n) is 3.74. The molecule has 0 radical (unpaired) electrons. The van der Waals surface area contributed by atoms with E-state index in [2.05, 4.69) is 0 Å². The Morgan fingerprint density at radius 3 is 2.69 bits per heavy atom. The van der Waals surface area contributed by atoms with Gasteiger partial charge in [-0.2, -0.15) is 5.26 Å². The Morgan fingerprint density at radius 1 is 1.62 bits per heavy atom. The SMILES string of the molecule is C[C@H](N)c1cc(C#N)cc(F)c1O. The van der Waals surface area contributed by atoms with E-state index in [9.17, 15) is 9.50 Å². The standard InChI is InChI=1S/C9H9FN2O/c1-5(12)7-2-6(4-11)3-8(10)9(7)13/h2-3,5,13H,12H2,1H3/t5-/m0/s1. The van der Waals surface area contributed by atoms with Gasteiger partial charge < -0.3 is 10.8 Å². The van der Waals surface area contributed by atoms with Crippen molar-refractivity contribution in [3.05, 3.63) is 29.1 Å². The second kappa shape index (κ2) is 3.42. The van der Waals surface area contributed by atoms with E-state index in [1.807, 2.05) is 0 Å². The van der Waals surface area contributed by atoms with Crippen LogP contribution in [0.25, 0.3) is 0 Å². The fourth-order valence-electron chi connectivity index (χ4n) is 1.03. The molecule has 0 amide bonds. The summed E-state index contributed by atoms with van der Waals surface area (Å²) in [7, 11) is 0. The van der Waals surface area contributed by atoms with Crippen LogP contribution in [0.3, 0.4) is 0 Å². The van der Waals surface area contributed by atoms with Crippen molar-refractivity contribution in [2.75, 3.05) is 0 Å². The van der Waals surface area contributed by atoms with E-state index >= 15 is 0 Å². The van der Waals surface area contributed by atoms with Crippen LogP contribution in [0.2, 0.25) is 0 Å². The molecule has 0 saturated carbocycles. The lowest BCUT2D eigenvalue weighted by molar-refractivity contribution is 0.422. The fraction of sp³-hybridized carbons (Fsp3) is 0.222. The molecule has 0 heterocycles. The minimum absolute atomic E-state index is 0.155. The highest BCUT2D eigenvalue weighted by Gasteiger charge is 2.12. The molecule has 0 aliphatic rings. The van der Waals surface area contributed by atoms with Gasteiger partial charge in [0.25, 0.3) is 0 Å². The number of aromatic hydroxyl groups is 1. The monoisotopic (exact) mass is 180 g/mol. The summed E-state index contributed by atoms with van der Waals surface area (Å²) < 4.78 is 12.9. The van der Waals surface area contributed by atoms with Crippen LogP contribution >= 0.6 is 0 Å². The van der Waals surface area contributed by atoms with Gasteiger partial charge in [0, 0.05) is 11.6 Å². The lowest BCUT2D eigenvalue weighted by Gasteiger charge is -2.08. The van der Waals surface area contributed by atoms with Gasteiger partial charge in [-0.05, 0) is 19.1 Å². The Morgan fingerprint density at radius 2 is 2.23 bits per heavy atom. The van der Waals surface area contributed by atoms with Crippen LogP contribution in [-0.2, 0) is 0 Å². The first kappa shape index (κ1) is 9.49. The Labute approximate surface area is 75.2 Å². The molecule has 0 saturated heterocycles. The number of hydrogen-bond donors (Lipinski definition) is 2. The number of hydrogen-bond acceptors (Lipinski definition) is 3. The van der Waals surface area contributed by atoms with Crippen molar-refractivity contribution >= 4 is 0 Å². The van der Waals surface area contributed by atoms with Gasteiger partial charge in [-0.25, -0.2) is 4.39 Å². The van der Waals surface area contributed by atoms with Crippen molar-refractivity contribution < 1.29 is 9.50 Å². The summed E-state index contributed by atoms with van der Waals surface area (Å²) >= 11 is 0. The Hall–Kier alpha value is -1.60. The maximum Gasteiger partial charge on any atom is 0.166 e. The molecule has 1 atom stereocenters. The predicted molar refractivity (Wildman–Crippen MR) is 45.4 cm³/mol. The molecule has 0 aliphatic carbocycles. The van der Waals surface area contributed by atoms with Gasteiger partial charge >= 0.3 is 0 Å². The highest BCUT2D eigenvalue weighted by atomic mass is 19.1. The molecule has 0 fully saturated rings. The highest BCUT2D eigenvalue weighted by Crippen LogP contribution is 2.26. The summed E-state index contributed by atoms with van der Waals surface area (Å²) in [4.78, 5) is 0. The summed E-state index contributed by atoms with van der Waals surface area (Å²) in [6.45, 7) is 1.61. The molecule has 0 aromatic heterocycles. The number of benzene rings is 1. The van der Waals surface area contributed by atoms with Crippen molar-refractivity contribution in [3.8, 4) is 11.8 Å². The second-order valence-corrected chi connectivity index (χ2v) is 2.80. The van der Waals surface area contributed by atoms with E-state index in [0.29, 0.717) is 0 Å². The van der Waals surface area contributed by atoms with Gasteiger partial charge in [0.15, 0.2) is 11.6 Å². The average Bonchev–Trinajstić information content (AvgIpc) is 2.09. The van der Waals surface area contributed by atoms with E-state index in [0.717, 1.165) is 6.07 Å². The van der Waals surface area contributed by atoms with Crippen LogP contribution in [0, 0.1) is 17.1 Å². The number of nitrogens with two attached hydrogens (primary N) is 1. The first-order valence-corrected chi connectivity index (χ1v) is 3.74. The Bertz CT molecular complexity index is 369. The normalized spacial score (nSPS) is 12.2. The summed E-state index contributed by atoms with van der Waals surface area (Å²) in [6, 6.07) is 3.64. The van der Waals surface area contributed by atoms with E-state index in [-0.39, 0.29) is 11.1 Å². The Kier molecular flexibility index (Phi) is 2.49. The van der Waals surface area contributed by atoms with Gasteiger partial charge in [0.2, 0.25) is 0 Å². The molecule has 1 rings (SSSR count). The van der Waals surface area contributed by atoms with Crippen LogP contribution in [0.4, 0.5) is 4.39 Å². The summed E-state index contributed by atoms with van der Waals surface area (Å²) in [5, 5.41) is 17.7. The molecule has 0 aliphatic heterocycles. The molecule has 3 N–H and O–H groups in total. The van der Waals surface area contributed by atoms with Crippen LogP contribution < -0.4 is 5.73 Å². The minimum Gasteiger partial charge on any atom is -0.505 e. The van der Waals surface area contributed by atoms with Crippen LogP contribution in [0.15, 0.2) is 12.1 Å².